The molecule has 0 aliphatic carbocycles. The Labute approximate surface area is 210 Å². The molecule has 2 N–H and O–H groups in total. The number of esters is 1. The van der Waals surface area contributed by atoms with Crippen LogP contribution in [0, 0.1) is 0 Å². The Morgan fingerprint density at radius 1 is 0.694 bits per heavy atom. The third kappa shape index (κ3) is 7.21. The molecule has 0 heterocycles. The normalized spacial score (nSPS) is 10.5. The second-order valence-electron chi connectivity index (χ2n) is 8.90. The van der Waals surface area contributed by atoms with E-state index < -0.39 is 11.9 Å². The fraction of sp³-hybridized carbons (Fsp3) is 0.133. The first-order chi connectivity index (χ1) is 17.1. The van der Waals surface area contributed by atoms with Crippen LogP contribution in [0.3, 0.4) is 0 Å². The highest BCUT2D eigenvalue weighted by Crippen LogP contribution is 2.31. The van der Waals surface area contributed by atoms with Gasteiger partial charge in [0.15, 0.2) is 0 Å². The van der Waals surface area contributed by atoms with Gasteiger partial charge in [-0.05, 0) is 59.5 Å². The molecular formula is C30H28O6. The van der Waals surface area contributed by atoms with Crippen molar-refractivity contribution in [3.05, 3.63) is 120 Å². The molecule has 4 aromatic rings. The van der Waals surface area contributed by atoms with E-state index in [1.165, 1.54) is 12.1 Å². The van der Waals surface area contributed by atoms with Crippen molar-refractivity contribution in [2.45, 2.75) is 26.2 Å². The molecule has 0 spiro atoms. The van der Waals surface area contributed by atoms with E-state index >= 15 is 0 Å². The van der Waals surface area contributed by atoms with Gasteiger partial charge in [-0.1, -0.05) is 75.4 Å². The molecule has 0 radical (unpaired) electrons. The number of benzene rings is 4. The van der Waals surface area contributed by atoms with Crippen LogP contribution in [0.25, 0.3) is 0 Å². The van der Waals surface area contributed by atoms with Crippen LogP contribution < -0.4 is 9.47 Å². The summed E-state index contributed by atoms with van der Waals surface area (Å²) < 4.78 is 10.8. The number of hydrogen-bond acceptors (Lipinski definition) is 5. The van der Waals surface area contributed by atoms with Crippen LogP contribution in [0.5, 0.6) is 23.0 Å². The Kier molecular flexibility index (Phi) is 8.47. The van der Waals surface area contributed by atoms with Gasteiger partial charge in [0.05, 0.1) is 0 Å². The molecule has 0 saturated heterocycles. The molecule has 6 nitrogen and oxygen atoms in total. The van der Waals surface area contributed by atoms with Crippen LogP contribution in [0.2, 0.25) is 0 Å². The summed E-state index contributed by atoms with van der Waals surface area (Å²) in [4.78, 5) is 22.9. The van der Waals surface area contributed by atoms with Crippen LogP contribution in [0.1, 0.15) is 47.1 Å². The third-order valence-electron chi connectivity index (χ3n) is 5.13. The smallest absolute Gasteiger partial charge is 0.347 e. The minimum absolute atomic E-state index is 0.0637. The van der Waals surface area contributed by atoms with Gasteiger partial charge in [-0.15, -0.1) is 0 Å². The Hall–Kier alpha value is -4.58. The molecule has 0 bridgehead atoms. The van der Waals surface area contributed by atoms with Gasteiger partial charge in [0.1, 0.15) is 34.1 Å². The molecule has 0 saturated carbocycles. The molecule has 4 aromatic carbocycles. The minimum atomic E-state index is -0.989. The Morgan fingerprint density at radius 2 is 1.25 bits per heavy atom. The highest BCUT2D eigenvalue weighted by molar-refractivity contribution is 5.93. The average Bonchev–Trinajstić information content (AvgIpc) is 2.85. The van der Waals surface area contributed by atoms with Gasteiger partial charge in [0.2, 0.25) is 0 Å². The molecule has 0 fully saturated rings. The van der Waals surface area contributed by atoms with Crippen LogP contribution in [0.4, 0.5) is 0 Å². The Morgan fingerprint density at radius 3 is 1.81 bits per heavy atom. The average molecular weight is 485 g/mol. The van der Waals surface area contributed by atoms with Crippen LogP contribution in [0.15, 0.2) is 103 Å². The van der Waals surface area contributed by atoms with E-state index in [0.29, 0.717) is 17.2 Å². The topological polar surface area (TPSA) is 93.1 Å². The number of carboxylic acids is 1. The number of carboxylic acid groups (broad SMARTS) is 1. The SMILES string of the molecule is CC(C)(C)c1ccc(C(=O)O)c(Oc2ccccc2)c1.O=C(Oc1ccccc1)c1ccccc1O. The summed E-state index contributed by atoms with van der Waals surface area (Å²) in [7, 11) is 0. The van der Waals surface area contributed by atoms with Gasteiger partial charge in [-0.3, -0.25) is 0 Å². The van der Waals surface area contributed by atoms with Gasteiger partial charge in [0.25, 0.3) is 0 Å². The van der Waals surface area contributed by atoms with Gasteiger partial charge in [-0.2, -0.15) is 0 Å². The summed E-state index contributed by atoms with van der Waals surface area (Å²) >= 11 is 0. The first kappa shape index (κ1) is 26.0. The quantitative estimate of drug-likeness (QED) is 0.232. The number of para-hydroxylation sites is 3. The summed E-state index contributed by atoms with van der Waals surface area (Å²) in [5, 5.41) is 18.7. The number of carbonyl (C=O) groups excluding carboxylic acids is 1. The zero-order valence-electron chi connectivity index (χ0n) is 20.3. The number of rotatable bonds is 5. The van der Waals surface area contributed by atoms with Gasteiger partial charge >= 0.3 is 11.9 Å². The summed E-state index contributed by atoms with van der Waals surface area (Å²) in [5.74, 6) is -0.183. The number of phenols is 1. The van der Waals surface area contributed by atoms with Gasteiger partial charge < -0.3 is 19.7 Å². The zero-order chi connectivity index (χ0) is 26.1. The maximum Gasteiger partial charge on any atom is 0.347 e. The zero-order valence-corrected chi connectivity index (χ0v) is 20.3. The van der Waals surface area contributed by atoms with Crippen molar-refractivity contribution in [3.8, 4) is 23.0 Å². The van der Waals surface area contributed by atoms with E-state index in [1.54, 1.807) is 60.7 Å². The van der Waals surface area contributed by atoms with E-state index in [2.05, 4.69) is 20.8 Å². The maximum atomic E-state index is 11.7. The Balaban J connectivity index is 0.000000205. The lowest BCUT2D eigenvalue weighted by Crippen LogP contribution is -2.12. The van der Waals surface area contributed by atoms with Crippen molar-refractivity contribution < 1.29 is 29.3 Å². The lowest BCUT2D eigenvalue weighted by molar-refractivity contribution is 0.0691. The second kappa shape index (κ2) is 11.7. The minimum Gasteiger partial charge on any atom is -0.507 e. The molecule has 184 valence electrons. The van der Waals surface area contributed by atoms with Crippen LogP contribution >= 0.6 is 0 Å². The van der Waals surface area contributed by atoms with Crippen molar-refractivity contribution >= 4 is 11.9 Å². The first-order valence-electron chi connectivity index (χ1n) is 11.3. The molecule has 0 amide bonds. The molecule has 0 atom stereocenters. The lowest BCUT2D eigenvalue weighted by Gasteiger charge is -2.20. The van der Waals surface area contributed by atoms with Crippen LogP contribution in [-0.2, 0) is 5.41 Å². The predicted octanol–water partition coefficient (Wildman–Crippen LogP) is 7.09. The van der Waals surface area contributed by atoms with Crippen molar-refractivity contribution in [2.75, 3.05) is 0 Å². The van der Waals surface area contributed by atoms with Gasteiger partial charge in [-0.25, -0.2) is 9.59 Å². The number of aromatic hydroxyl groups is 1. The molecular weight excluding hydrogens is 456 g/mol. The molecule has 6 heteroatoms. The largest absolute Gasteiger partial charge is 0.507 e. The molecule has 0 unspecified atom stereocenters. The van der Waals surface area contributed by atoms with E-state index in [9.17, 15) is 19.8 Å². The predicted molar refractivity (Wildman–Crippen MR) is 138 cm³/mol. The highest BCUT2D eigenvalue weighted by atomic mass is 16.5. The lowest BCUT2D eigenvalue weighted by atomic mass is 9.86. The van der Waals surface area contributed by atoms with E-state index in [0.717, 1.165) is 5.56 Å². The fourth-order valence-electron chi connectivity index (χ4n) is 3.16. The number of phenolic OH excluding ortho intramolecular Hbond substituents is 1. The van der Waals surface area contributed by atoms with Crippen molar-refractivity contribution in [2.24, 2.45) is 0 Å². The first-order valence-corrected chi connectivity index (χ1v) is 11.3. The van der Waals surface area contributed by atoms with E-state index in [-0.39, 0.29) is 22.3 Å². The number of ether oxygens (including phenoxy) is 2. The number of aromatic carboxylic acids is 1. The van der Waals surface area contributed by atoms with Crippen molar-refractivity contribution in [1.82, 2.24) is 0 Å². The molecule has 36 heavy (non-hydrogen) atoms. The van der Waals surface area contributed by atoms with Crippen LogP contribution in [-0.4, -0.2) is 22.2 Å². The summed E-state index contributed by atoms with van der Waals surface area (Å²) in [5.41, 5.74) is 1.30. The van der Waals surface area contributed by atoms with E-state index in [4.69, 9.17) is 9.47 Å². The van der Waals surface area contributed by atoms with Gasteiger partial charge in [0, 0.05) is 0 Å². The molecule has 0 aliphatic heterocycles. The monoisotopic (exact) mass is 484 g/mol. The highest BCUT2D eigenvalue weighted by Gasteiger charge is 2.19. The molecule has 0 aromatic heterocycles. The fourth-order valence-corrected chi connectivity index (χ4v) is 3.16. The maximum absolute atomic E-state index is 11.7. The van der Waals surface area contributed by atoms with E-state index in [1.807, 2.05) is 30.3 Å². The summed E-state index contributed by atoms with van der Waals surface area (Å²) in [6, 6.07) is 29.4. The second-order valence-corrected chi connectivity index (χ2v) is 8.90. The summed E-state index contributed by atoms with van der Waals surface area (Å²) in [6.07, 6.45) is 0. The van der Waals surface area contributed by atoms with Crippen molar-refractivity contribution in [1.29, 1.82) is 0 Å². The molecule has 4 rings (SSSR count). The third-order valence-corrected chi connectivity index (χ3v) is 5.13. The Bertz CT molecular complexity index is 1310. The number of carbonyl (C=O) groups is 2. The summed E-state index contributed by atoms with van der Waals surface area (Å²) in [6.45, 7) is 6.24. The standard InChI is InChI=1S/C17H18O3.C13H10O3/c1-17(2,3)12-9-10-14(16(18)19)15(11-12)20-13-7-5-4-6-8-13;14-12-9-5-4-8-11(12)13(15)16-10-6-2-1-3-7-10/h4-11H,1-3H3,(H,18,19);1-9,14H. The van der Waals surface area contributed by atoms with Crippen molar-refractivity contribution in [3.63, 3.8) is 0 Å². The molecule has 0 aliphatic rings. The number of hydrogen-bond donors (Lipinski definition) is 2.